The van der Waals surface area contributed by atoms with Gasteiger partial charge in [-0.25, -0.2) is 4.98 Å². The number of nitrogens with zero attached hydrogens (tertiary/aromatic N) is 2. The zero-order chi connectivity index (χ0) is 17.9. The quantitative estimate of drug-likeness (QED) is 0.699. The number of hydrogen-bond donors (Lipinski definition) is 3. The fraction of sp³-hybridized carbons (Fsp3) is 0.333. The molecule has 1 heterocycles. The molecule has 0 aliphatic rings. The maximum absolute atomic E-state index is 13.0. The fourth-order valence-electron chi connectivity index (χ4n) is 1.87. The maximum atomic E-state index is 13.0. The molecule has 1 atom stereocenters. The normalized spacial score (nSPS) is 12.8. The smallest absolute Gasteiger partial charge is 0.394 e. The molecule has 0 fully saturated rings. The van der Waals surface area contributed by atoms with Gasteiger partial charge in [0.2, 0.25) is 5.95 Å². The third-order valence-corrected chi connectivity index (χ3v) is 4.06. The van der Waals surface area contributed by atoms with Crippen LogP contribution in [-0.4, -0.2) is 27.7 Å². The molecule has 0 saturated heterocycles. The molecule has 0 amide bonds. The van der Waals surface area contributed by atoms with Crippen molar-refractivity contribution in [2.24, 2.45) is 0 Å². The van der Waals surface area contributed by atoms with Crippen molar-refractivity contribution in [1.29, 1.82) is 0 Å². The summed E-state index contributed by atoms with van der Waals surface area (Å²) in [6.07, 6.45) is -4.61. The summed E-state index contributed by atoms with van der Waals surface area (Å²) in [7, 11) is 0. The summed E-state index contributed by atoms with van der Waals surface area (Å²) in [6, 6.07) is 5.69. The minimum absolute atomic E-state index is 0.00571. The minimum atomic E-state index is -4.61. The van der Waals surface area contributed by atoms with Gasteiger partial charge < -0.3 is 15.7 Å². The van der Waals surface area contributed by atoms with Crippen LogP contribution in [0.4, 0.5) is 30.6 Å². The number of anilines is 3. The summed E-state index contributed by atoms with van der Waals surface area (Å²) in [5.41, 5.74) is 0.389. The van der Waals surface area contributed by atoms with E-state index in [-0.39, 0.29) is 18.4 Å². The second-order valence-electron chi connectivity index (χ2n) is 5.23. The predicted octanol–water partition coefficient (Wildman–Crippen LogP) is 4.10. The Morgan fingerprint density at radius 2 is 2.00 bits per heavy atom. The number of benzene rings is 1. The van der Waals surface area contributed by atoms with Crippen molar-refractivity contribution in [3.63, 3.8) is 0 Å². The molecule has 0 saturated carbocycles. The number of rotatable bonds is 5. The topological polar surface area (TPSA) is 70.1 Å². The molecule has 3 N–H and O–H groups in total. The molecule has 0 aliphatic heterocycles. The van der Waals surface area contributed by atoms with E-state index in [0.717, 1.165) is 16.1 Å². The Morgan fingerprint density at radius 1 is 1.29 bits per heavy atom. The Kier molecular flexibility index (Phi) is 5.66. The molecule has 0 bridgehead atoms. The molecule has 0 aliphatic carbocycles. The van der Waals surface area contributed by atoms with Crippen molar-refractivity contribution in [3.05, 3.63) is 40.0 Å². The van der Waals surface area contributed by atoms with E-state index in [1.807, 2.05) is 13.0 Å². The molecule has 2 aromatic rings. The first kappa shape index (κ1) is 18.5. The van der Waals surface area contributed by atoms with E-state index < -0.39 is 17.9 Å². The fourth-order valence-corrected chi connectivity index (χ4v) is 2.23. The van der Waals surface area contributed by atoms with Crippen LogP contribution in [0, 0.1) is 6.92 Å². The SMILES string of the molecule is Cc1c(Br)cccc1Nc1cc(C(F)(F)F)nc(N[C@H](C)CO)n1. The first-order chi connectivity index (χ1) is 11.2. The molecule has 5 nitrogen and oxygen atoms in total. The monoisotopic (exact) mass is 404 g/mol. The van der Waals surface area contributed by atoms with Crippen LogP contribution in [0.3, 0.4) is 0 Å². The van der Waals surface area contributed by atoms with Crippen LogP contribution in [0.1, 0.15) is 18.2 Å². The van der Waals surface area contributed by atoms with Crippen LogP contribution in [0.25, 0.3) is 0 Å². The molecule has 9 heteroatoms. The Balaban J connectivity index is 2.41. The van der Waals surface area contributed by atoms with Crippen molar-refractivity contribution in [2.45, 2.75) is 26.1 Å². The van der Waals surface area contributed by atoms with Crippen LogP contribution < -0.4 is 10.6 Å². The Labute approximate surface area is 145 Å². The van der Waals surface area contributed by atoms with Crippen LogP contribution in [0.2, 0.25) is 0 Å². The number of alkyl halides is 3. The Hall–Kier alpha value is -1.87. The van der Waals surface area contributed by atoms with E-state index in [1.54, 1.807) is 19.1 Å². The summed E-state index contributed by atoms with van der Waals surface area (Å²) in [4.78, 5) is 7.51. The second kappa shape index (κ2) is 7.35. The van der Waals surface area contributed by atoms with Gasteiger partial charge in [0.1, 0.15) is 5.82 Å². The lowest BCUT2D eigenvalue weighted by atomic mass is 10.2. The molecule has 0 unspecified atom stereocenters. The molecule has 130 valence electrons. The number of hydrogen-bond acceptors (Lipinski definition) is 5. The van der Waals surface area contributed by atoms with Gasteiger partial charge in [-0.3, -0.25) is 0 Å². The van der Waals surface area contributed by atoms with E-state index in [0.29, 0.717) is 5.69 Å². The average Bonchev–Trinajstić information content (AvgIpc) is 2.50. The number of halogens is 4. The molecule has 0 radical (unpaired) electrons. The third-order valence-electron chi connectivity index (χ3n) is 3.20. The van der Waals surface area contributed by atoms with Gasteiger partial charge in [0.25, 0.3) is 0 Å². The van der Waals surface area contributed by atoms with Gasteiger partial charge in [0, 0.05) is 22.3 Å². The molecule has 2 rings (SSSR count). The van der Waals surface area contributed by atoms with Gasteiger partial charge in [-0.2, -0.15) is 18.2 Å². The van der Waals surface area contributed by atoms with Gasteiger partial charge in [-0.05, 0) is 31.5 Å². The van der Waals surface area contributed by atoms with Gasteiger partial charge in [-0.15, -0.1) is 0 Å². The lowest BCUT2D eigenvalue weighted by Gasteiger charge is -2.16. The zero-order valence-electron chi connectivity index (χ0n) is 12.9. The number of aliphatic hydroxyl groups excluding tert-OH is 1. The van der Waals surface area contributed by atoms with Crippen molar-refractivity contribution in [3.8, 4) is 0 Å². The van der Waals surface area contributed by atoms with Crippen LogP contribution in [0.15, 0.2) is 28.7 Å². The Bertz CT molecular complexity index is 724. The summed E-state index contributed by atoms with van der Waals surface area (Å²) < 4.78 is 40.0. The minimum Gasteiger partial charge on any atom is -0.394 e. The van der Waals surface area contributed by atoms with E-state index in [9.17, 15) is 13.2 Å². The number of nitrogens with one attached hydrogen (secondary N) is 2. The first-order valence-electron chi connectivity index (χ1n) is 7.06. The first-order valence-corrected chi connectivity index (χ1v) is 7.86. The van der Waals surface area contributed by atoms with E-state index in [1.165, 1.54) is 0 Å². The summed E-state index contributed by atoms with van der Waals surface area (Å²) >= 11 is 3.37. The largest absolute Gasteiger partial charge is 0.433 e. The van der Waals surface area contributed by atoms with Gasteiger partial charge in [0.15, 0.2) is 5.69 Å². The number of aliphatic hydroxyl groups is 1. The van der Waals surface area contributed by atoms with Gasteiger partial charge in [-0.1, -0.05) is 22.0 Å². The summed E-state index contributed by atoms with van der Waals surface area (Å²) in [5.74, 6) is -0.201. The van der Waals surface area contributed by atoms with Crippen LogP contribution in [0.5, 0.6) is 0 Å². The highest BCUT2D eigenvalue weighted by molar-refractivity contribution is 9.10. The number of aromatic nitrogens is 2. The predicted molar refractivity (Wildman–Crippen MR) is 89.4 cm³/mol. The highest BCUT2D eigenvalue weighted by Gasteiger charge is 2.34. The highest BCUT2D eigenvalue weighted by Crippen LogP contribution is 2.31. The van der Waals surface area contributed by atoms with Crippen molar-refractivity contribution >= 4 is 33.4 Å². The van der Waals surface area contributed by atoms with Crippen molar-refractivity contribution in [1.82, 2.24) is 9.97 Å². The zero-order valence-corrected chi connectivity index (χ0v) is 14.5. The van der Waals surface area contributed by atoms with Gasteiger partial charge >= 0.3 is 6.18 Å². The molecule has 24 heavy (non-hydrogen) atoms. The van der Waals surface area contributed by atoms with E-state index >= 15 is 0 Å². The standard InChI is InChI=1S/C15H16BrF3N4O/c1-8(7-24)20-14-22-12(15(17,18)19)6-13(23-14)21-11-5-3-4-10(16)9(11)2/h3-6,8,24H,7H2,1-2H3,(H2,20,21,22,23)/t8-/m1/s1. The molecular weight excluding hydrogens is 389 g/mol. The third kappa shape index (κ3) is 4.57. The van der Waals surface area contributed by atoms with Crippen LogP contribution >= 0.6 is 15.9 Å². The lowest BCUT2D eigenvalue weighted by molar-refractivity contribution is -0.141. The molecule has 0 spiro atoms. The van der Waals surface area contributed by atoms with E-state index in [4.69, 9.17) is 5.11 Å². The summed E-state index contributed by atoms with van der Waals surface area (Å²) in [5, 5.41) is 14.5. The van der Waals surface area contributed by atoms with Crippen molar-refractivity contribution in [2.75, 3.05) is 17.2 Å². The second-order valence-corrected chi connectivity index (χ2v) is 6.08. The van der Waals surface area contributed by atoms with Crippen LogP contribution in [-0.2, 0) is 6.18 Å². The molecule has 1 aromatic heterocycles. The average molecular weight is 405 g/mol. The lowest BCUT2D eigenvalue weighted by Crippen LogP contribution is -2.22. The van der Waals surface area contributed by atoms with Crippen molar-refractivity contribution < 1.29 is 18.3 Å². The van der Waals surface area contributed by atoms with Gasteiger partial charge in [0.05, 0.1) is 6.61 Å². The summed E-state index contributed by atoms with van der Waals surface area (Å²) in [6.45, 7) is 3.17. The Morgan fingerprint density at radius 3 is 2.62 bits per heavy atom. The van der Waals surface area contributed by atoms with E-state index in [2.05, 4.69) is 36.5 Å². The highest BCUT2D eigenvalue weighted by atomic mass is 79.9. The molecule has 1 aromatic carbocycles. The maximum Gasteiger partial charge on any atom is 0.433 e. The molecular formula is C15H16BrF3N4O.